The van der Waals surface area contributed by atoms with Crippen LogP contribution in [0.4, 0.5) is 0 Å². The zero-order valence-electron chi connectivity index (χ0n) is 8.83. The van der Waals surface area contributed by atoms with Gasteiger partial charge in [-0.05, 0) is 20.8 Å². The molecule has 0 heterocycles. The van der Waals surface area contributed by atoms with Gasteiger partial charge in [0.1, 0.15) is 5.82 Å². The fraction of sp³-hybridized carbons (Fsp3) is 0.600. The maximum atomic E-state index is 4.00. The molecule has 0 aromatic heterocycles. The molecule has 0 radical (unpaired) electrons. The molecule has 0 aromatic rings. The first kappa shape index (κ1) is 11.1. The highest BCUT2D eigenvalue weighted by atomic mass is 15.3. The van der Waals surface area contributed by atoms with Crippen molar-refractivity contribution in [3.63, 3.8) is 0 Å². The number of rotatable bonds is 4. The van der Waals surface area contributed by atoms with Crippen molar-refractivity contribution in [3.8, 4) is 0 Å². The third kappa shape index (κ3) is 2.99. The number of allylic oxidation sites excluding steroid dienone is 1. The molecule has 0 bridgehead atoms. The van der Waals surface area contributed by atoms with E-state index in [1.165, 1.54) is 0 Å². The van der Waals surface area contributed by atoms with E-state index >= 15 is 0 Å². The summed E-state index contributed by atoms with van der Waals surface area (Å²) < 4.78 is 0. The Morgan fingerprint density at radius 1 is 1.33 bits per heavy atom. The van der Waals surface area contributed by atoms with Gasteiger partial charge in [0.25, 0.3) is 0 Å². The molecule has 0 amide bonds. The summed E-state index contributed by atoms with van der Waals surface area (Å²) in [6.45, 7) is 10.3. The van der Waals surface area contributed by atoms with E-state index in [1.54, 1.807) is 0 Å². The number of hydrogen-bond donors (Lipinski definition) is 0. The first-order valence-electron chi connectivity index (χ1n) is 4.28. The third-order valence-corrected chi connectivity index (χ3v) is 1.96. The van der Waals surface area contributed by atoms with Crippen LogP contribution < -0.4 is 0 Å². The second kappa shape index (κ2) is 4.86. The van der Waals surface area contributed by atoms with Gasteiger partial charge in [-0.1, -0.05) is 12.7 Å². The van der Waals surface area contributed by atoms with E-state index in [0.29, 0.717) is 6.04 Å². The summed E-state index contributed by atoms with van der Waals surface area (Å²) in [5.74, 6) is 1.02. The van der Waals surface area contributed by atoms with Gasteiger partial charge in [-0.3, -0.25) is 0 Å². The van der Waals surface area contributed by atoms with Crippen molar-refractivity contribution in [3.05, 3.63) is 24.7 Å². The molecule has 0 fully saturated rings. The van der Waals surface area contributed by atoms with Crippen LogP contribution in [0.5, 0.6) is 0 Å². The van der Waals surface area contributed by atoms with Gasteiger partial charge in [-0.25, -0.2) is 0 Å². The van der Waals surface area contributed by atoms with E-state index in [0.717, 1.165) is 5.82 Å². The lowest BCUT2D eigenvalue weighted by molar-refractivity contribution is 0.271. The molecule has 2 heteroatoms. The standard InChI is InChI=1S/C10H20N2/c1-7-8-11(5)10(4)12(6)9(2)3/h7-9H,4H2,1-3,5-6H3/b8-7-. The summed E-state index contributed by atoms with van der Waals surface area (Å²) in [6, 6.07) is 0.491. The molecule has 0 saturated heterocycles. The SMILES string of the molecule is C=C(N(C)/C=C\C)N(C)C(C)C. The first-order chi connectivity index (χ1) is 5.50. The Kier molecular flexibility index (Phi) is 4.49. The highest BCUT2D eigenvalue weighted by molar-refractivity contribution is 4.97. The summed E-state index contributed by atoms with van der Waals surface area (Å²) >= 11 is 0. The molecule has 12 heavy (non-hydrogen) atoms. The molecule has 0 atom stereocenters. The van der Waals surface area contributed by atoms with Gasteiger partial charge in [-0.2, -0.15) is 0 Å². The zero-order valence-corrected chi connectivity index (χ0v) is 8.83. The fourth-order valence-electron chi connectivity index (χ4n) is 0.856. The van der Waals surface area contributed by atoms with Crippen LogP contribution in [0, 0.1) is 0 Å². The number of nitrogens with zero attached hydrogens (tertiary/aromatic N) is 2. The minimum Gasteiger partial charge on any atom is -0.359 e. The zero-order chi connectivity index (χ0) is 9.72. The molecule has 0 unspecified atom stereocenters. The Bertz CT molecular complexity index is 171. The van der Waals surface area contributed by atoms with Crippen LogP contribution in [0.15, 0.2) is 24.7 Å². The van der Waals surface area contributed by atoms with Crippen LogP contribution in [0.25, 0.3) is 0 Å². The van der Waals surface area contributed by atoms with E-state index in [9.17, 15) is 0 Å². The van der Waals surface area contributed by atoms with Crippen LogP contribution in [-0.2, 0) is 0 Å². The minimum absolute atomic E-state index is 0.491. The van der Waals surface area contributed by atoms with Gasteiger partial charge in [0.15, 0.2) is 0 Å². The molecular formula is C10H20N2. The van der Waals surface area contributed by atoms with Gasteiger partial charge < -0.3 is 9.80 Å². The van der Waals surface area contributed by atoms with Crippen molar-refractivity contribution >= 4 is 0 Å². The van der Waals surface area contributed by atoms with Crippen molar-refractivity contribution in [2.45, 2.75) is 26.8 Å². The van der Waals surface area contributed by atoms with E-state index in [1.807, 2.05) is 38.2 Å². The summed E-state index contributed by atoms with van der Waals surface area (Å²) in [5, 5.41) is 0. The molecule has 0 spiro atoms. The van der Waals surface area contributed by atoms with Crippen molar-refractivity contribution in [1.82, 2.24) is 9.80 Å². The van der Waals surface area contributed by atoms with Crippen LogP contribution in [-0.4, -0.2) is 29.9 Å². The molecule has 70 valence electrons. The average molecular weight is 168 g/mol. The highest BCUT2D eigenvalue weighted by Crippen LogP contribution is 2.07. The topological polar surface area (TPSA) is 6.48 Å². The lowest BCUT2D eigenvalue weighted by Crippen LogP contribution is -2.31. The van der Waals surface area contributed by atoms with Crippen molar-refractivity contribution in [1.29, 1.82) is 0 Å². The summed E-state index contributed by atoms with van der Waals surface area (Å²) in [4.78, 5) is 4.15. The van der Waals surface area contributed by atoms with Gasteiger partial charge >= 0.3 is 0 Å². The first-order valence-corrected chi connectivity index (χ1v) is 4.28. The second-order valence-corrected chi connectivity index (χ2v) is 3.21. The Balaban J connectivity index is 4.19. The summed E-state index contributed by atoms with van der Waals surface area (Å²) in [6.07, 6.45) is 4.00. The fourth-order valence-corrected chi connectivity index (χ4v) is 0.856. The molecule has 2 nitrogen and oxygen atoms in total. The van der Waals surface area contributed by atoms with Crippen molar-refractivity contribution in [2.24, 2.45) is 0 Å². The maximum Gasteiger partial charge on any atom is 0.100 e. The van der Waals surface area contributed by atoms with Crippen LogP contribution in [0.1, 0.15) is 20.8 Å². The second-order valence-electron chi connectivity index (χ2n) is 3.21. The third-order valence-electron chi connectivity index (χ3n) is 1.96. The van der Waals surface area contributed by atoms with Gasteiger partial charge in [0, 0.05) is 26.3 Å². The average Bonchev–Trinajstić information content (AvgIpc) is 2.02. The molecule has 0 saturated carbocycles. The minimum atomic E-state index is 0.491. The quantitative estimate of drug-likeness (QED) is 0.635. The Morgan fingerprint density at radius 3 is 2.17 bits per heavy atom. The van der Waals surface area contributed by atoms with Crippen LogP contribution >= 0.6 is 0 Å². The van der Waals surface area contributed by atoms with Crippen LogP contribution in [0.2, 0.25) is 0 Å². The van der Waals surface area contributed by atoms with Crippen LogP contribution in [0.3, 0.4) is 0 Å². The van der Waals surface area contributed by atoms with Crippen molar-refractivity contribution in [2.75, 3.05) is 14.1 Å². The Labute approximate surface area is 76.2 Å². The summed E-state index contributed by atoms with van der Waals surface area (Å²) in [5.41, 5.74) is 0. The van der Waals surface area contributed by atoms with E-state index in [2.05, 4.69) is 25.3 Å². The maximum absolute atomic E-state index is 4.00. The molecule has 0 aliphatic carbocycles. The van der Waals surface area contributed by atoms with E-state index < -0.39 is 0 Å². The Morgan fingerprint density at radius 2 is 1.83 bits per heavy atom. The van der Waals surface area contributed by atoms with Gasteiger partial charge in [0.05, 0.1) is 0 Å². The molecule has 0 rings (SSSR count). The molecule has 0 aliphatic heterocycles. The highest BCUT2D eigenvalue weighted by Gasteiger charge is 2.07. The molecular weight excluding hydrogens is 148 g/mol. The van der Waals surface area contributed by atoms with E-state index in [4.69, 9.17) is 0 Å². The normalized spacial score (nSPS) is 10.8. The largest absolute Gasteiger partial charge is 0.359 e. The molecule has 0 aliphatic rings. The monoisotopic (exact) mass is 168 g/mol. The predicted molar refractivity (Wildman–Crippen MR) is 54.6 cm³/mol. The van der Waals surface area contributed by atoms with Gasteiger partial charge in [-0.15, -0.1) is 0 Å². The smallest absolute Gasteiger partial charge is 0.100 e. The van der Waals surface area contributed by atoms with E-state index in [-0.39, 0.29) is 0 Å². The molecule has 0 N–H and O–H groups in total. The molecule has 0 aromatic carbocycles. The van der Waals surface area contributed by atoms with Gasteiger partial charge in [0.2, 0.25) is 0 Å². The Hall–Kier alpha value is -0.920. The predicted octanol–water partition coefficient (Wildman–Crippen LogP) is 2.26. The lowest BCUT2D eigenvalue weighted by Gasteiger charge is -2.30. The lowest BCUT2D eigenvalue weighted by atomic mass is 10.3. The summed E-state index contributed by atoms with van der Waals surface area (Å²) in [7, 11) is 4.05. The number of hydrogen-bond acceptors (Lipinski definition) is 2. The van der Waals surface area contributed by atoms with Crippen molar-refractivity contribution < 1.29 is 0 Å².